The zero-order valence-electron chi connectivity index (χ0n) is 12.3. The van der Waals surface area contributed by atoms with E-state index in [9.17, 15) is 13.2 Å². The molecule has 1 fully saturated rings. The molecule has 0 spiro atoms. The molecule has 1 rings (SSSR count). The van der Waals surface area contributed by atoms with Crippen molar-refractivity contribution in [3.63, 3.8) is 0 Å². The summed E-state index contributed by atoms with van der Waals surface area (Å²) >= 11 is 0. The minimum atomic E-state index is -3.67. The van der Waals surface area contributed by atoms with Crippen LogP contribution in [0.1, 0.15) is 33.1 Å². The maximum Gasteiger partial charge on any atom is 0.274 e. The molecular formula is C12H26N4O3S. The number of hydrogen-bond acceptors (Lipinski definition) is 4. The van der Waals surface area contributed by atoms with Gasteiger partial charge in [0.15, 0.2) is 0 Å². The van der Waals surface area contributed by atoms with E-state index >= 15 is 0 Å². The molecule has 1 aliphatic rings. The van der Waals surface area contributed by atoms with Gasteiger partial charge in [-0.05, 0) is 32.1 Å². The van der Waals surface area contributed by atoms with Gasteiger partial charge < -0.3 is 10.6 Å². The lowest BCUT2D eigenvalue weighted by Crippen LogP contribution is -2.51. The minimum Gasteiger partial charge on any atom is -0.342 e. The first-order valence-electron chi connectivity index (χ1n) is 6.98. The molecule has 1 amide bonds. The predicted molar refractivity (Wildman–Crippen MR) is 77.9 cm³/mol. The second-order valence-corrected chi connectivity index (χ2v) is 7.15. The van der Waals surface area contributed by atoms with Crippen molar-refractivity contribution in [2.75, 3.05) is 26.2 Å². The third-order valence-electron chi connectivity index (χ3n) is 4.13. The SMILES string of the molecule is CCC(C)(CN)C(=O)N1CCCC(CNS(N)(=O)=O)C1. The van der Waals surface area contributed by atoms with Crippen molar-refractivity contribution in [3.8, 4) is 0 Å². The fourth-order valence-electron chi connectivity index (χ4n) is 2.41. The normalized spacial score (nSPS) is 23.4. The molecule has 1 aliphatic heterocycles. The van der Waals surface area contributed by atoms with Gasteiger partial charge in [-0.2, -0.15) is 8.42 Å². The van der Waals surface area contributed by atoms with E-state index in [1.165, 1.54) is 0 Å². The summed E-state index contributed by atoms with van der Waals surface area (Å²) in [6.07, 6.45) is 2.45. The Labute approximate surface area is 121 Å². The van der Waals surface area contributed by atoms with Crippen LogP contribution in [0.4, 0.5) is 0 Å². The zero-order chi connectivity index (χ0) is 15.4. The summed E-state index contributed by atoms with van der Waals surface area (Å²) in [4.78, 5) is 14.3. The van der Waals surface area contributed by atoms with E-state index in [4.69, 9.17) is 10.9 Å². The van der Waals surface area contributed by atoms with E-state index in [0.29, 0.717) is 26.1 Å². The Hall–Kier alpha value is -0.700. The summed E-state index contributed by atoms with van der Waals surface area (Å²) in [6.45, 7) is 5.68. The molecule has 118 valence electrons. The maximum atomic E-state index is 12.5. The molecule has 0 aromatic heterocycles. The molecule has 2 unspecified atom stereocenters. The van der Waals surface area contributed by atoms with E-state index in [0.717, 1.165) is 12.8 Å². The lowest BCUT2D eigenvalue weighted by molar-refractivity contribution is -0.142. The molecular weight excluding hydrogens is 280 g/mol. The maximum absolute atomic E-state index is 12.5. The molecule has 0 aromatic rings. The van der Waals surface area contributed by atoms with E-state index in [1.54, 1.807) is 4.90 Å². The van der Waals surface area contributed by atoms with Crippen LogP contribution >= 0.6 is 0 Å². The smallest absolute Gasteiger partial charge is 0.274 e. The topological polar surface area (TPSA) is 119 Å². The molecule has 0 radical (unpaired) electrons. The number of nitrogens with two attached hydrogens (primary N) is 2. The van der Waals surface area contributed by atoms with Gasteiger partial charge in [0.05, 0.1) is 5.41 Å². The van der Waals surface area contributed by atoms with Gasteiger partial charge in [0.2, 0.25) is 5.91 Å². The number of hydrogen-bond donors (Lipinski definition) is 3. The molecule has 5 N–H and O–H groups in total. The highest BCUT2D eigenvalue weighted by Crippen LogP contribution is 2.26. The third-order valence-corrected chi connectivity index (χ3v) is 4.70. The Morgan fingerprint density at radius 3 is 2.65 bits per heavy atom. The molecule has 20 heavy (non-hydrogen) atoms. The summed E-state index contributed by atoms with van der Waals surface area (Å²) < 4.78 is 24.1. The number of amides is 1. The molecule has 0 bridgehead atoms. The lowest BCUT2D eigenvalue weighted by atomic mass is 9.84. The van der Waals surface area contributed by atoms with Gasteiger partial charge in [-0.1, -0.05) is 6.92 Å². The molecule has 0 aliphatic carbocycles. The molecule has 2 atom stereocenters. The zero-order valence-corrected chi connectivity index (χ0v) is 13.1. The van der Waals surface area contributed by atoms with Crippen LogP contribution in [-0.2, 0) is 15.0 Å². The van der Waals surface area contributed by atoms with Crippen LogP contribution in [0.25, 0.3) is 0 Å². The van der Waals surface area contributed by atoms with E-state index in [-0.39, 0.29) is 18.4 Å². The Kier molecular flexibility index (Phi) is 5.93. The van der Waals surface area contributed by atoms with Gasteiger partial charge in [-0.15, -0.1) is 0 Å². The van der Waals surface area contributed by atoms with Crippen LogP contribution in [-0.4, -0.2) is 45.4 Å². The molecule has 0 aromatic carbocycles. The van der Waals surface area contributed by atoms with Gasteiger partial charge in [-0.3, -0.25) is 4.79 Å². The standard InChI is InChI=1S/C12H26N4O3S/c1-3-12(2,9-13)11(17)16-6-4-5-10(8-16)7-15-20(14,18)19/h10,15H,3-9,13H2,1-2H3,(H2,14,18,19). The third kappa shape index (κ3) is 4.69. The second kappa shape index (κ2) is 6.84. The predicted octanol–water partition coefficient (Wildman–Crippen LogP) is -0.607. The van der Waals surface area contributed by atoms with E-state index < -0.39 is 15.6 Å². The van der Waals surface area contributed by atoms with Crippen LogP contribution in [0.5, 0.6) is 0 Å². The van der Waals surface area contributed by atoms with Crippen LogP contribution in [0.3, 0.4) is 0 Å². The average molecular weight is 306 g/mol. The van der Waals surface area contributed by atoms with Crippen LogP contribution in [0.15, 0.2) is 0 Å². The second-order valence-electron chi connectivity index (χ2n) is 5.77. The Bertz CT molecular complexity index is 434. The highest BCUT2D eigenvalue weighted by atomic mass is 32.2. The minimum absolute atomic E-state index is 0.0582. The van der Waals surface area contributed by atoms with Crippen LogP contribution in [0.2, 0.25) is 0 Å². The number of piperidine rings is 1. The van der Waals surface area contributed by atoms with Crippen molar-refractivity contribution in [1.82, 2.24) is 9.62 Å². The molecule has 7 nitrogen and oxygen atoms in total. The Morgan fingerprint density at radius 2 is 2.15 bits per heavy atom. The van der Waals surface area contributed by atoms with Crippen molar-refractivity contribution in [2.45, 2.75) is 33.1 Å². The van der Waals surface area contributed by atoms with Crippen molar-refractivity contribution in [3.05, 3.63) is 0 Å². The number of rotatable bonds is 6. The Balaban J connectivity index is 2.62. The first-order chi connectivity index (χ1) is 9.22. The van der Waals surface area contributed by atoms with Gasteiger partial charge in [0.1, 0.15) is 0 Å². The van der Waals surface area contributed by atoms with Crippen LogP contribution < -0.4 is 15.6 Å². The van der Waals surface area contributed by atoms with Crippen molar-refractivity contribution in [1.29, 1.82) is 0 Å². The molecule has 1 heterocycles. The quantitative estimate of drug-likeness (QED) is 0.606. The lowest BCUT2D eigenvalue weighted by Gasteiger charge is -2.38. The summed E-state index contributed by atoms with van der Waals surface area (Å²) in [5, 5.41) is 4.92. The first-order valence-corrected chi connectivity index (χ1v) is 8.53. The van der Waals surface area contributed by atoms with Crippen LogP contribution in [0, 0.1) is 11.3 Å². The first kappa shape index (κ1) is 17.4. The van der Waals surface area contributed by atoms with Gasteiger partial charge in [0, 0.05) is 26.2 Å². The fraction of sp³-hybridized carbons (Fsp3) is 0.917. The van der Waals surface area contributed by atoms with Gasteiger partial charge in [0.25, 0.3) is 10.2 Å². The van der Waals surface area contributed by atoms with Gasteiger partial charge >= 0.3 is 0 Å². The van der Waals surface area contributed by atoms with Gasteiger partial charge in [-0.25, -0.2) is 9.86 Å². The monoisotopic (exact) mass is 306 g/mol. The van der Waals surface area contributed by atoms with Crippen molar-refractivity contribution in [2.24, 2.45) is 22.2 Å². The number of likely N-dealkylation sites (tertiary alicyclic amines) is 1. The fourth-order valence-corrected chi connectivity index (χ4v) is 2.88. The highest BCUT2D eigenvalue weighted by molar-refractivity contribution is 7.87. The average Bonchev–Trinajstić information content (AvgIpc) is 2.43. The van der Waals surface area contributed by atoms with Crippen molar-refractivity contribution >= 4 is 16.1 Å². The summed E-state index contributed by atoms with van der Waals surface area (Å²) in [5.74, 6) is 0.160. The highest BCUT2D eigenvalue weighted by Gasteiger charge is 2.35. The number of carbonyl (C=O) groups is 1. The molecule has 0 saturated carbocycles. The largest absolute Gasteiger partial charge is 0.342 e. The summed E-state index contributed by atoms with van der Waals surface area (Å²) in [6, 6.07) is 0. The summed E-state index contributed by atoms with van der Waals surface area (Å²) in [7, 11) is -3.67. The van der Waals surface area contributed by atoms with E-state index in [2.05, 4.69) is 4.72 Å². The number of nitrogens with one attached hydrogen (secondary N) is 1. The Morgan fingerprint density at radius 1 is 1.50 bits per heavy atom. The summed E-state index contributed by atoms with van der Waals surface area (Å²) in [5.41, 5.74) is 5.19. The van der Waals surface area contributed by atoms with Crippen molar-refractivity contribution < 1.29 is 13.2 Å². The number of carbonyl (C=O) groups excluding carboxylic acids is 1. The molecule has 8 heteroatoms. The van der Waals surface area contributed by atoms with E-state index in [1.807, 2.05) is 13.8 Å². The molecule has 1 saturated heterocycles. The number of nitrogens with zero attached hydrogens (tertiary/aromatic N) is 1.